The quantitative estimate of drug-likeness (QED) is 0.286. The van der Waals surface area contributed by atoms with E-state index in [-0.39, 0.29) is 0 Å². The summed E-state index contributed by atoms with van der Waals surface area (Å²) in [4.78, 5) is 28.0. The third-order valence-corrected chi connectivity index (χ3v) is 7.11. The van der Waals surface area contributed by atoms with E-state index in [1.54, 1.807) is 25.4 Å². The molecule has 182 valence electrons. The molecule has 0 unspecified atom stereocenters. The van der Waals surface area contributed by atoms with Crippen LogP contribution in [0.2, 0.25) is 5.02 Å². The summed E-state index contributed by atoms with van der Waals surface area (Å²) in [5, 5.41) is 13.3. The number of hydrogen-bond acceptors (Lipinski definition) is 6. The van der Waals surface area contributed by atoms with E-state index in [0.717, 1.165) is 27.2 Å². The largest absolute Gasteiger partial charge is 0.484 e. The van der Waals surface area contributed by atoms with Crippen LogP contribution in [0.1, 0.15) is 40.8 Å². The second-order valence-electron chi connectivity index (χ2n) is 8.13. The van der Waals surface area contributed by atoms with Gasteiger partial charge in [0.1, 0.15) is 34.1 Å². The van der Waals surface area contributed by atoms with Crippen molar-refractivity contribution >= 4 is 45.8 Å². The predicted octanol–water partition coefficient (Wildman–Crippen LogP) is 4.58. The van der Waals surface area contributed by atoms with Gasteiger partial charge < -0.3 is 20.9 Å². The van der Waals surface area contributed by atoms with E-state index in [1.165, 1.54) is 11.3 Å². The molecule has 0 spiro atoms. The van der Waals surface area contributed by atoms with Crippen molar-refractivity contribution in [3.8, 4) is 10.8 Å². The minimum atomic E-state index is -0.886. The summed E-state index contributed by atoms with van der Waals surface area (Å²) in [5.41, 5.74) is 9.14. The average Bonchev–Trinajstić information content (AvgIpc) is 3.43. The molecule has 1 amide bonds. The first-order valence-corrected chi connectivity index (χ1v) is 12.2. The zero-order valence-electron chi connectivity index (χ0n) is 19.2. The number of amides is 1. The van der Waals surface area contributed by atoms with Gasteiger partial charge in [0, 0.05) is 16.7 Å². The van der Waals surface area contributed by atoms with Crippen molar-refractivity contribution in [1.29, 1.82) is 0 Å². The Morgan fingerprint density at radius 2 is 2.00 bits per heavy atom. The van der Waals surface area contributed by atoms with Crippen molar-refractivity contribution in [2.75, 3.05) is 6.54 Å². The summed E-state index contributed by atoms with van der Waals surface area (Å²) >= 11 is 7.53. The second-order valence-corrected chi connectivity index (χ2v) is 9.56. The molecule has 2 atom stereocenters. The number of carbonyl (C=O) groups excluding carboxylic acids is 1. The fourth-order valence-electron chi connectivity index (χ4n) is 3.70. The Morgan fingerprint density at radius 3 is 2.71 bits per heavy atom. The fourth-order valence-corrected chi connectivity index (χ4v) is 4.92. The minimum absolute atomic E-state index is 0.309. The van der Waals surface area contributed by atoms with Crippen LogP contribution in [0.15, 0.2) is 54.9 Å². The molecule has 0 saturated heterocycles. The number of aliphatic carboxylic acids is 1. The number of thiophene rings is 1. The van der Waals surface area contributed by atoms with Crippen LogP contribution in [-0.4, -0.2) is 39.1 Å². The van der Waals surface area contributed by atoms with E-state index < -0.39 is 24.0 Å². The summed E-state index contributed by atoms with van der Waals surface area (Å²) in [6.07, 6.45) is 1.95. The molecule has 2 aromatic heterocycles. The minimum Gasteiger partial charge on any atom is -0.484 e. The number of imidazole rings is 1. The average molecular weight is 513 g/mol. The summed E-state index contributed by atoms with van der Waals surface area (Å²) in [7, 11) is 0. The first kappa shape index (κ1) is 24.7. The van der Waals surface area contributed by atoms with Crippen LogP contribution in [0, 0.1) is 0 Å². The van der Waals surface area contributed by atoms with E-state index in [0.29, 0.717) is 28.6 Å². The van der Waals surface area contributed by atoms with Crippen LogP contribution in [0.3, 0.4) is 0 Å². The van der Waals surface area contributed by atoms with Gasteiger partial charge >= 0.3 is 5.97 Å². The van der Waals surface area contributed by atoms with E-state index in [9.17, 15) is 9.59 Å². The number of aromatic nitrogens is 2. The molecule has 0 radical (unpaired) electrons. The molecule has 2 heterocycles. The van der Waals surface area contributed by atoms with Crippen molar-refractivity contribution in [1.82, 2.24) is 14.9 Å². The summed E-state index contributed by atoms with van der Waals surface area (Å²) in [6, 6.07) is 14.4. The number of ether oxygens (including phenoxy) is 1. The lowest BCUT2D eigenvalue weighted by Crippen LogP contribution is -2.34. The number of fused-ring (bicyclic) bond motifs is 1. The van der Waals surface area contributed by atoms with E-state index in [2.05, 4.69) is 10.3 Å². The molecule has 0 aliphatic heterocycles. The lowest BCUT2D eigenvalue weighted by Gasteiger charge is -2.16. The molecule has 8 nitrogen and oxygen atoms in total. The number of carboxylic acid groups (broad SMARTS) is 1. The van der Waals surface area contributed by atoms with E-state index >= 15 is 0 Å². The number of nitrogens with one attached hydrogen (secondary N) is 1. The second kappa shape index (κ2) is 10.5. The fraction of sp³-hybridized carbons (Fsp3) is 0.240. The van der Waals surface area contributed by atoms with Gasteiger partial charge in [-0.3, -0.25) is 14.2 Å². The van der Waals surface area contributed by atoms with Gasteiger partial charge in [-0.2, -0.15) is 0 Å². The summed E-state index contributed by atoms with van der Waals surface area (Å²) in [6.45, 7) is 4.00. The maximum absolute atomic E-state index is 12.2. The van der Waals surface area contributed by atoms with Crippen LogP contribution >= 0.6 is 22.9 Å². The van der Waals surface area contributed by atoms with Gasteiger partial charge in [0.15, 0.2) is 0 Å². The van der Waals surface area contributed by atoms with Gasteiger partial charge in [-0.1, -0.05) is 35.9 Å². The van der Waals surface area contributed by atoms with Crippen molar-refractivity contribution in [2.24, 2.45) is 5.73 Å². The Labute approximate surface area is 211 Å². The summed E-state index contributed by atoms with van der Waals surface area (Å²) < 4.78 is 8.00. The molecule has 35 heavy (non-hydrogen) atoms. The smallest absolute Gasteiger partial charge is 0.320 e. The third kappa shape index (κ3) is 5.48. The number of carboxylic acids is 1. The van der Waals surface area contributed by atoms with E-state index in [1.807, 2.05) is 47.9 Å². The van der Waals surface area contributed by atoms with E-state index in [4.69, 9.17) is 27.2 Å². The van der Waals surface area contributed by atoms with Crippen molar-refractivity contribution in [3.05, 3.63) is 75.9 Å². The zero-order valence-corrected chi connectivity index (χ0v) is 20.8. The number of nitrogens with zero attached hydrogens (tertiary/aromatic N) is 2. The maximum atomic E-state index is 12.2. The number of nitrogens with two attached hydrogens (primary N) is 1. The van der Waals surface area contributed by atoms with Crippen molar-refractivity contribution in [2.45, 2.75) is 32.4 Å². The standard InChI is InChI=1S/C25H25ClN4O4S/c1-14(25(32)33)28-10-9-16-7-8-19-20(11-16)30(13-29-19)22-12-21(23(35-22)24(27)31)34-15(2)17-5-3-4-6-18(17)26/h3-8,11-15,28H,9-10H2,1-2H3,(H2,27,31)(H,32,33)/t14-,15+/m0/s1. The van der Waals surface area contributed by atoms with Crippen molar-refractivity contribution in [3.63, 3.8) is 0 Å². The normalized spacial score (nSPS) is 13.0. The molecule has 0 saturated carbocycles. The Bertz CT molecular complexity index is 1380. The molecule has 0 aliphatic rings. The molecule has 2 aromatic carbocycles. The Kier molecular flexibility index (Phi) is 7.39. The maximum Gasteiger partial charge on any atom is 0.320 e. The van der Waals surface area contributed by atoms with Crippen molar-refractivity contribution < 1.29 is 19.4 Å². The predicted molar refractivity (Wildman–Crippen MR) is 137 cm³/mol. The van der Waals surface area contributed by atoms with Gasteiger partial charge in [0.2, 0.25) is 0 Å². The van der Waals surface area contributed by atoms with Crippen LogP contribution < -0.4 is 15.8 Å². The van der Waals surface area contributed by atoms with Gasteiger partial charge in [0.25, 0.3) is 5.91 Å². The molecule has 0 bridgehead atoms. The number of rotatable bonds is 10. The first-order valence-electron chi connectivity index (χ1n) is 11.0. The van der Waals surface area contributed by atoms with Crippen LogP contribution in [0.25, 0.3) is 16.0 Å². The Balaban J connectivity index is 1.61. The van der Waals surface area contributed by atoms with Gasteiger partial charge in [-0.05, 0) is 50.6 Å². The van der Waals surface area contributed by atoms with Gasteiger partial charge in [-0.15, -0.1) is 11.3 Å². The molecule has 4 rings (SSSR count). The highest BCUT2D eigenvalue weighted by atomic mass is 35.5. The number of halogens is 1. The zero-order chi connectivity index (χ0) is 25.1. The Hall–Kier alpha value is -3.40. The van der Waals surface area contributed by atoms with Gasteiger partial charge in [0.05, 0.1) is 11.0 Å². The molecule has 10 heteroatoms. The molecular weight excluding hydrogens is 488 g/mol. The van der Waals surface area contributed by atoms with Crippen LogP contribution in [0.4, 0.5) is 0 Å². The first-order chi connectivity index (χ1) is 16.7. The number of carbonyl (C=O) groups is 2. The molecule has 4 N–H and O–H groups in total. The molecule has 4 aromatic rings. The van der Waals surface area contributed by atoms with Crippen LogP contribution in [0.5, 0.6) is 5.75 Å². The summed E-state index contributed by atoms with van der Waals surface area (Å²) in [5.74, 6) is -1.08. The lowest BCUT2D eigenvalue weighted by molar-refractivity contribution is -0.138. The Morgan fingerprint density at radius 1 is 1.23 bits per heavy atom. The SMILES string of the molecule is C[C@H](NCCc1ccc2ncn(-c3cc(O[C@H](C)c4ccccc4Cl)c(C(N)=O)s3)c2c1)C(=O)O. The highest BCUT2D eigenvalue weighted by Gasteiger charge is 2.21. The number of hydrogen-bond donors (Lipinski definition) is 3. The molecule has 0 aliphatic carbocycles. The highest BCUT2D eigenvalue weighted by molar-refractivity contribution is 7.16. The highest BCUT2D eigenvalue weighted by Crippen LogP contribution is 2.37. The number of benzene rings is 2. The number of primary amides is 1. The topological polar surface area (TPSA) is 119 Å². The third-order valence-electron chi connectivity index (χ3n) is 5.64. The lowest BCUT2D eigenvalue weighted by atomic mass is 10.1. The van der Waals surface area contributed by atoms with Crippen LogP contribution in [-0.2, 0) is 11.2 Å². The molecule has 0 fully saturated rings. The monoisotopic (exact) mass is 512 g/mol. The molecular formula is C25H25ClN4O4S. The van der Waals surface area contributed by atoms with Gasteiger partial charge in [-0.25, -0.2) is 4.98 Å².